The number of ether oxygens (including phenoxy) is 1. The molecule has 0 bridgehead atoms. The topological polar surface area (TPSA) is 73.1 Å². The standard InChI is InChI=1S/C5H10N4O2/c1-2-11-5(10)3-9-4-6-7-8-9/h4-5,10H,2-3H2,1H3. The van der Waals surface area contributed by atoms with E-state index < -0.39 is 6.29 Å². The Hall–Kier alpha value is -1.01. The smallest absolute Gasteiger partial charge is 0.174 e. The quantitative estimate of drug-likeness (QED) is 0.570. The van der Waals surface area contributed by atoms with Crippen LogP contribution in [0.5, 0.6) is 0 Å². The third kappa shape index (κ3) is 2.60. The van der Waals surface area contributed by atoms with Gasteiger partial charge in [-0.25, -0.2) is 4.68 Å². The zero-order valence-corrected chi connectivity index (χ0v) is 6.21. The van der Waals surface area contributed by atoms with Crippen molar-refractivity contribution >= 4 is 0 Å². The van der Waals surface area contributed by atoms with Crippen molar-refractivity contribution in [1.29, 1.82) is 0 Å². The second-order valence-corrected chi connectivity index (χ2v) is 1.94. The maximum atomic E-state index is 9.08. The minimum atomic E-state index is -0.830. The molecule has 0 aromatic carbocycles. The predicted octanol–water partition coefficient (Wildman–Crippen LogP) is -0.972. The van der Waals surface area contributed by atoms with Crippen LogP contribution >= 0.6 is 0 Å². The van der Waals surface area contributed by atoms with Gasteiger partial charge in [-0.05, 0) is 17.4 Å². The molecular weight excluding hydrogens is 148 g/mol. The number of rotatable bonds is 4. The molecule has 1 N–H and O–H groups in total. The number of hydrogen-bond acceptors (Lipinski definition) is 5. The Morgan fingerprint density at radius 1 is 1.73 bits per heavy atom. The fourth-order valence-corrected chi connectivity index (χ4v) is 0.669. The number of tetrazole rings is 1. The van der Waals surface area contributed by atoms with E-state index in [9.17, 15) is 0 Å². The van der Waals surface area contributed by atoms with E-state index in [4.69, 9.17) is 9.84 Å². The van der Waals surface area contributed by atoms with Crippen LogP contribution in [0.25, 0.3) is 0 Å². The molecule has 6 nitrogen and oxygen atoms in total. The summed E-state index contributed by atoms with van der Waals surface area (Å²) in [7, 11) is 0. The summed E-state index contributed by atoms with van der Waals surface area (Å²) in [5.74, 6) is 0. The Morgan fingerprint density at radius 2 is 2.55 bits per heavy atom. The molecule has 11 heavy (non-hydrogen) atoms. The lowest BCUT2D eigenvalue weighted by Crippen LogP contribution is -2.19. The van der Waals surface area contributed by atoms with Gasteiger partial charge in [-0.3, -0.25) is 0 Å². The first kappa shape index (κ1) is 8.09. The van der Waals surface area contributed by atoms with Gasteiger partial charge in [0.25, 0.3) is 0 Å². The van der Waals surface area contributed by atoms with Crippen LogP contribution in [-0.2, 0) is 11.3 Å². The first-order valence-corrected chi connectivity index (χ1v) is 3.33. The van der Waals surface area contributed by atoms with Crippen LogP contribution in [0.3, 0.4) is 0 Å². The zero-order chi connectivity index (χ0) is 8.10. The van der Waals surface area contributed by atoms with Crippen molar-refractivity contribution in [3.63, 3.8) is 0 Å². The van der Waals surface area contributed by atoms with Gasteiger partial charge in [-0.15, -0.1) is 5.10 Å². The van der Waals surface area contributed by atoms with Gasteiger partial charge in [0, 0.05) is 6.61 Å². The number of aliphatic hydroxyl groups is 1. The minimum Gasteiger partial charge on any atom is -0.366 e. The highest BCUT2D eigenvalue weighted by Gasteiger charge is 2.03. The van der Waals surface area contributed by atoms with E-state index in [1.165, 1.54) is 11.0 Å². The van der Waals surface area contributed by atoms with Crippen LogP contribution < -0.4 is 0 Å². The molecule has 0 aliphatic heterocycles. The zero-order valence-electron chi connectivity index (χ0n) is 6.21. The molecule has 0 spiro atoms. The molecule has 62 valence electrons. The van der Waals surface area contributed by atoms with Crippen LogP contribution in [0.4, 0.5) is 0 Å². The van der Waals surface area contributed by atoms with Gasteiger partial charge in [-0.1, -0.05) is 0 Å². The van der Waals surface area contributed by atoms with Crippen LogP contribution in [0.1, 0.15) is 6.92 Å². The third-order valence-corrected chi connectivity index (χ3v) is 1.09. The molecule has 1 unspecified atom stereocenters. The second-order valence-electron chi connectivity index (χ2n) is 1.94. The van der Waals surface area contributed by atoms with Crippen molar-refractivity contribution in [2.24, 2.45) is 0 Å². The van der Waals surface area contributed by atoms with Gasteiger partial charge in [0.15, 0.2) is 6.29 Å². The molecule has 0 aliphatic carbocycles. The first-order valence-electron chi connectivity index (χ1n) is 3.33. The highest BCUT2D eigenvalue weighted by Crippen LogP contribution is 1.89. The van der Waals surface area contributed by atoms with Crippen molar-refractivity contribution in [1.82, 2.24) is 20.2 Å². The number of aliphatic hydroxyl groups excluding tert-OH is 1. The fourth-order valence-electron chi connectivity index (χ4n) is 0.669. The summed E-state index contributed by atoms with van der Waals surface area (Å²) in [5, 5.41) is 19.4. The summed E-state index contributed by atoms with van der Waals surface area (Å²) in [5.41, 5.74) is 0. The van der Waals surface area contributed by atoms with Crippen LogP contribution in [0.15, 0.2) is 6.33 Å². The third-order valence-electron chi connectivity index (χ3n) is 1.09. The highest BCUT2D eigenvalue weighted by molar-refractivity contribution is 4.48. The Morgan fingerprint density at radius 3 is 3.09 bits per heavy atom. The summed E-state index contributed by atoms with van der Waals surface area (Å²) in [6.07, 6.45) is 0.589. The molecule has 1 atom stereocenters. The first-order chi connectivity index (χ1) is 5.33. The molecule has 1 rings (SSSR count). The monoisotopic (exact) mass is 158 g/mol. The van der Waals surface area contributed by atoms with E-state index in [2.05, 4.69) is 15.5 Å². The van der Waals surface area contributed by atoms with Gasteiger partial charge in [0.05, 0.1) is 6.54 Å². The van der Waals surface area contributed by atoms with E-state index in [1.54, 1.807) is 0 Å². The second kappa shape index (κ2) is 3.99. The Balaban J connectivity index is 2.31. The summed E-state index contributed by atoms with van der Waals surface area (Å²) in [4.78, 5) is 0. The van der Waals surface area contributed by atoms with Crippen LogP contribution in [0.2, 0.25) is 0 Å². The molecule has 6 heteroatoms. The number of hydrogen-bond donors (Lipinski definition) is 1. The van der Waals surface area contributed by atoms with Crippen LogP contribution in [0, 0.1) is 0 Å². The molecule has 0 fully saturated rings. The molecule has 1 aromatic heterocycles. The van der Waals surface area contributed by atoms with E-state index >= 15 is 0 Å². The van der Waals surface area contributed by atoms with Crippen molar-refractivity contribution in [2.75, 3.05) is 6.61 Å². The molecule has 0 aliphatic rings. The average Bonchev–Trinajstić information content (AvgIpc) is 2.40. The van der Waals surface area contributed by atoms with Crippen molar-refractivity contribution < 1.29 is 9.84 Å². The Bertz CT molecular complexity index is 188. The molecule has 1 heterocycles. The maximum absolute atomic E-state index is 9.08. The van der Waals surface area contributed by atoms with Crippen molar-refractivity contribution in [3.8, 4) is 0 Å². The molecule has 1 aromatic rings. The predicted molar refractivity (Wildman–Crippen MR) is 35.4 cm³/mol. The molecule has 0 radical (unpaired) electrons. The molecular formula is C5H10N4O2. The maximum Gasteiger partial charge on any atom is 0.174 e. The molecule has 0 saturated carbocycles. The van der Waals surface area contributed by atoms with E-state index in [1.807, 2.05) is 6.92 Å². The van der Waals surface area contributed by atoms with Gasteiger partial charge in [-0.2, -0.15) is 0 Å². The van der Waals surface area contributed by atoms with Crippen molar-refractivity contribution in [3.05, 3.63) is 6.33 Å². The lowest BCUT2D eigenvalue weighted by Gasteiger charge is -2.08. The normalized spacial score (nSPS) is 13.3. The lowest BCUT2D eigenvalue weighted by molar-refractivity contribution is -0.105. The van der Waals surface area contributed by atoms with E-state index in [0.29, 0.717) is 6.61 Å². The minimum absolute atomic E-state index is 0.265. The summed E-state index contributed by atoms with van der Waals surface area (Å²) < 4.78 is 6.26. The Kier molecular flexibility index (Phi) is 2.94. The van der Waals surface area contributed by atoms with E-state index in [-0.39, 0.29) is 6.54 Å². The van der Waals surface area contributed by atoms with E-state index in [0.717, 1.165) is 0 Å². The van der Waals surface area contributed by atoms with Gasteiger partial charge >= 0.3 is 0 Å². The summed E-state index contributed by atoms with van der Waals surface area (Å²) in [6, 6.07) is 0. The summed E-state index contributed by atoms with van der Waals surface area (Å²) >= 11 is 0. The molecule has 0 saturated heterocycles. The van der Waals surface area contributed by atoms with Gasteiger partial charge in [0.2, 0.25) is 0 Å². The fraction of sp³-hybridized carbons (Fsp3) is 0.800. The average molecular weight is 158 g/mol. The van der Waals surface area contributed by atoms with Gasteiger partial charge < -0.3 is 9.84 Å². The SMILES string of the molecule is CCOC(O)Cn1cnnn1. The highest BCUT2D eigenvalue weighted by atomic mass is 16.6. The Labute approximate surface area is 63.8 Å². The van der Waals surface area contributed by atoms with Crippen LogP contribution in [-0.4, -0.2) is 38.2 Å². The largest absolute Gasteiger partial charge is 0.366 e. The lowest BCUT2D eigenvalue weighted by atomic mass is 10.6. The number of aromatic nitrogens is 4. The molecule has 0 amide bonds. The van der Waals surface area contributed by atoms with Crippen molar-refractivity contribution in [2.45, 2.75) is 19.8 Å². The number of nitrogens with zero attached hydrogens (tertiary/aromatic N) is 4. The van der Waals surface area contributed by atoms with Gasteiger partial charge in [0.1, 0.15) is 6.33 Å². The summed E-state index contributed by atoms with van der Waals surface area (Å²) in [6.45, 7) is 2.55.